The fraction of sp³-hybridized carbons (Fsp3) is 0. The fourth-order valence-electron chi connectivity index (χ4n) is 1.05. The molecule has 0 bridgehead atoms. The van der Waals surface area contributed by atoms with Crippen LogP contribution in [0.5, 0.6) is 0 Å². The van der Waals surface area contributed by atoms with E-state index in [9.17, 15) is 13.2 Å². The van der Waals surface area contributed by atoms with Crippen LogP contribution < -0.4 is 5.73 Å². The van der Waals surface area contributed by atoms with E-state index in [4.69, 9.17) is 27.0 Å². The van der Waals surface area contributed by atoms with E-state index in [1.54, 1.807) is 0 Å². The molecule has 1 rings (SSSR count). The zero-order valence-electron chi connectivity index (χ0n) is 7.14. The molecule has 0 radical (unpaired) electrons. The third-order valence-electron chi connectivity index (χ3n) is 1.61. The van der Waals surface area contributed by atoms with Crippen molar-refractivity contribution in [2.75, 3.05) is 5.73 Å². The summed E-state index contributed by atoms with van der Waals surface area (Å²) in [6.45, 7) is 0. The third-order valence-corrected chi connectivity index (χ3v) is 2.88. The summed E-state index contributed by atoms with van der Waals surface area (Å²) in [5, 5.41) is 8.40. The first kappa shape index (κ1) is 11.8. The van der Waals surface area contributed by atoms with Crippen molar-refractivity contribution in [1.82, 2.24) is 0 Å². The number of nitrogen functional groups attached to an aromatic ring is 1. The molecule has 0 atom stereocenters. The van der Waals surface area contributed by atoms with Gasteiger partial charge < -0.3 is 10.8 Å². The first-order chi connectivity index (χ1) is 6.75. The highest BCUT2D eigenvalue weighted by molar-refractivity contribution is 7.86. The normalized spacial score (nSPS) is 11.3. The van der Waals surface area contributed by atoms with Crippen LogP contribution in [0.15, 0.2) is 17.0 Å². The quantitative estimate of drug-likeness (QED) is 0.530. The van der Waals surface area contributed by atoms with Gasteiger partial charge in [-0.3, -0.25) is 4.55 Å². The Balaban J connectivity index is 3.76. The molecular weight excluding hydrogens is 246 g/mol. The van der Waals surface area contributed by atoms with Crippen LogP contribution in [0.3, 0.4) is 0 Å². The van der Waals surface area contributed by atoms with Gasteiger partial charge in [-0.05, 0) is 12.1 Å². The maximum Gasteiger partial charge on any atom is 0.338 e. The zero-order valence-corrected chi connectivity index (χ0v) is 8.71. The molecule has 1 aromatic carbocycles. The van der Waals surface area contributed by atoms with Crippen LogP contribution in [0.25, 0.3) is 0 Å². The molecular formula is C7H6ClNO5S. The van der Waals surface area contributed by atoms with Crippen LogP contribution in [0, 0.1) is 0 Å². The highest BCUT2D eigenvalue weighted by atomic mass is 35.5. The monoisotopic (exact) mass is 251 g/mol. The van der Waals surface area contributed by atoms with Crippen molar-refractivity contribution in [2.24, 2.45) is 0 Å². The SMILES string of the molecule is Nc1ccc(Cl)c(C(=O)O)c1S(=O)(=O)O. The topological polar surface area (TPSA) is 118 Å². The van der Waals surface area contributed by atoms with Gasteiger partial charge in [0.15, 0.2) is 0 Å². The molecule has 0 amide bonds. The number of hydrogen-bond donors (Lipinski definition) is 3. The Bertz CT molecular complexity index is 524. The van der Waals surface area contributed by atoms with Crippen molar-refractivity contribution < 1.29 is 22.9 Å². The van der Waals surface area contributed by atoms with E-state index in [0.29, 0.717) is 0 Å². The number of carbonyl (C=O) groups is 1. The Kier molecular flexibility index (Phi) is 2.89. The van der Waals surface area contributed by atoms with Crippen molar-refractivity contribution in [3.05, 3.63) is 22.7 Å². The Labute approximate surface area is 90.0 Å². The van der Waals surface area contributed by atoms with E-state index in [1.165, 1.54) is 0 Å². The van der Waals surface area contributed by atoms with Crippen molar-refractivity contribution in [1.29, 1.82) is 0 Å². The van der Waals surface area contributed by atoms with E-state index >= 15 is 0 Å². The van der Waals surface area contributed by atoms with Crippen molar-refractivity contribution in [3.63, 3.8) is 0 Å². The van der Waals surface area contributed by atoms with Gasteiger partial charge >= 0.3 is 5.97 Å². The van der Waals surface area contributed by atoms with E-state index in [0.717, 1.165) is 12.1 Å². The molecule has 0 aromatic heterocycles. The van der Waals surface area contributed by atoms with Crippen molar-refractivity contribution >= 4 is 33.4 Å². The highest BCUT2D eigenvalue weighted by Gasteiger charge is 2.25. The minimum atomic E-state index is -4.72. The summed E-state index contributed by atoms with van der Waals surface area (Å²) in [6.07, 6.45) is 0. The molecule has 82 valence electrons. The summed E-state index contributed by atoms with van der Waals surface area (Å²) in [7, 11) is -4.72. The second kappa shape index (κ2) is 3.69. The number of nitrogens with two attached hydrogens (primary N) is 1. The van der Waals surface area contributed by atoms with Gasteiger partial charge in [0.2, 0.25) is 0 Å². The Morgan fingerprint density at radius 1 is 1.40 bits per heavy atom. The lowest BCUT2D eigenvalue weighted by Crippen LogP contribution is -2.11. The van der Waals surface area contributed by atoms with Gasteiger partial charge in [-0.2, -0.15) is 8.42 Å². The molecule has 0 saturated carbocycles. The molecule has 0 heterocycles. The Morgan fingerprint density at radius 2 is 1.93 bits per heavy atom. The Hall–Kier alpha value is -1.31. The summed E-state index contributed by atoms with van der Waals surface area (Å²) >= 11 is 5.49. The van der Waals surface area contributed by atoms with Crippen LogP contribution >= 0.6 is 11.6 Å². The van der Waals surface area contributed by atoms with Crippen LogP contribution in [-0.2, 0) is 10.1 Å². The number of hydrogen-bond acceptors (Lipinski definition) is 4. The van der Waals surface area contributed by atoms with Gasteiger partial charge in [0.25, 0.3) is 10.1 Å². The molecule has 6 nitrogen and oxygen atoms in total. The molecule has 0 fully saturated rings. The number of aromatic carboxylic acids is 1. The summed E-state index contributed by atoms with van der Waals surface area (Å²) in [6, 6.07) is 2.23. The molecule has 4 N–H and O–H groups in total. The largest absolute Gasteiger partial charge is 0.478 e. The number of rotatable bonds is 2. The number of halogens is 1. The van der Waals surface area contributed by atoms with Gasteiger partial charge in [0.05, 0.1) is 10.7 Å². The average Bonchev–Trinajstić information content (AvgIpc) is 2.05. The molecule has 0 aliphatic carbocycles. The molecule has 0 saturated heterocycles. The summed E-state index contributed by atoms with van der Waals surface area (Å²) in [5.74, 6) is -1.58. The van der Waals surface area contributed by atoms with E-state index in [1.807, 2.05) is 0 Å². The lowest BCUT2D eigenvalue weighted by atomic mass is 10.2. The number of carboxylic acids is 1. The maximum atomic E-state index is 10.9. The van der Waals surface area contributed by atoms with E-state index in [-0.39, 0.29) is 10.7 Å². The summed E-state index contributed by atoms with van der Waals surface area (Å²) < 4.78 is 30.6. The molecule has 0 aliphatic rings. The fourth-order valence-corrected chi connectivity index (χ4v) is 2.17. The van der Waals surface area contributed by atoms with Gasteiger partial charge in [-0.15, -0.1) is 0 Å². The lowest BCUT2D eigenvalue weighted by Gasteiger charge is -2.07. The second-order valence-corrected chi connectivity index (χ2v) is 4.39. The molecule has 8 heteroatoms. The average molecular weight is 252 g/mol. The third kappa shape index (κ3) is 2.20. The lowest BCUT2D eigenvalue weighted by molar-refractivity contribution is 0.0692. The summed E-state index contributed by atoms with van der Waals surface area (Å²) in [5.41, 5.74) is 4.14. The number of benzene rings is 1. The minimum Gasteiger partial charge on any atom is -0.478 e. The molecule has 15 heavy (non-hydrogen) atoms. The first-order valence-electron chi connectivity index (χ1n) is 3.54. The van der Waals surface area contributed by atoms with Gasteiger partial charge in [-0.25, -0.2) is 4.79 Å². The number of carboxylic acid groups (broad SMARTS) is 1. The highest BCUT2D eigenvalue weighted by Crippen LogP contribution is 2.29. The van der Waals surface area contributed by atoms with Gasteiger partial charge in [0, 0.05) is 0 Å². The van der Waals surface area contributed by atoms with Gasteiger partial charge in [-0.1, -0.05) is 11.6 Å². The molecule has 0 aliphatic heterocycles. The minimum absolute atomic E-state index is 0.315. The van der Waals surface area contributed by atoms with Gasteiger partial charge in [0.1, 0.15) is 10.5 Å². The van der Waals surface area contributed by atoms with E-state index in [2.05, 4.69) is 0 Å². The Morgan fingerprint density at radius 3 is 2.27 bits per heavy atom. The molecule has 0 spiro atoms. The maximum absolute atomic E-state index is 10.9. The first-order valence-corrected chi connectivity index (χ1v) is 5.35. The smallest absolute Gasteiger partial charge is 0.338 e. The zero-order chi connectivity index (χ0) is 11.8. The predicted octanol–water partition coefficient (Wildman–Crippen LogP) is 0.867. The molecule has 0 unspecified atom stereocenters. The standard InChI is InChI=1S/C7H6ClNO5S/c8-3-1-2-4(9)6(15(12,13)14)5(3)7(10)11/h1-2H,9H2,(H,10,11)(H,12,13,14). The van der Waals surface area contributed by atoms with Crippen molar-refractivity contribution in [3.8, 4) is 0 Å². The predicted molar refractivity (Wildman–Crippen MR) is 52.6 cm³/mol. The second-order valence-electron chi connectivity index (χ2n) is 2.62. The van der Waals surface area contributed by atoms with Crippen molar-refractivity contribution in [2.45, 2.75) is 4.90 Å². The van der Waals surface area contributed by atoms with Crippen LogP contribution in [0.2, 0.25) is 5.02 Å². The molecule has 1 aromatic rings. The number of anilines is 1. The van der Waals surface area contributed by atoms with E-state index < -0.39 is 26.5 Å². The van der Waals surface area contributed by atoms with Crippen LogP contribution in [0.4, 0.5) is 5.69 Å². The van der Waals surface area contributed by atoms with Crippen LogP contribution in [0.1, 0.15) is 10.4 Å². The van der Waals surface area contributed by atoms with Crippen LogP contribution in [-0.4, -0.2) is 24.0 Å². The summed E-state index contributed by atoms with van der Waals surface area (Å²) in [4.78, 5) is 9.84.